The standard InChI is InChI=1S/C24H30O12.C12H15Br3O6.C6H12O3.C4H6O2.C3H8O2.C2H3BrO2/c1-13(2)22(28)31-10-19(25)34-16-7-17(35-20(26)11-32-23(29)14(3)4)9-18(8-16)36-21(27)12-33-24(30)15(5)6;13-4-10(16)19-7-1-8(20-11(17)5-14)3-9(2-7)21-12(18)6-15;7-4-1-5(8)3-6(9)2-4;1-3(2)4(5)6;1-4-3-5-2;3-1-2(4)5/h16-18H,1,3,5,7-12H2,2,4,6H3;7-9H,1-6H2;4-9H,1-3H2;1H2,2H3,(H,5,6);3H2,1-2H3;1H2,(H,4,5). The number of halogens is 4. The number of aliphatic hydroxyl groups excluding tert-OH is 3. The number of carboxylic acids is 2. The average Bonchev–Trinajstić information content (AvgIpc) is 3.38. The molecule has 0 atom stereocenters. The molecule has 0 unspecified atom stereocenters. The number of aliphatic carboxylic acids is 2. The van der Waals surface area contributed by atoms with E-state index in [0.29, 0.717) is 45.3 Å². The highest BCUT2D eigenvalue weighted by atomic mass is 79.9. The molecule has 0 aromatic rings. The highest BCUT2D eigenvalue weighted by molar-refractivity contribution is 9.10. The van der Waals surface area contributed by atoms with E-state index < -0.39 is 140 Å². The summed E-state index contributed by atoms with van der Waals surface area (Å²) in [5.74, 6) is -7.94. The number of aliphatic hydroxyl groups is 3. The van der Waals surface area contributed by atoms with Crippen LogP contribution in [0.5, 0.6) is 0 Å². The van der Waals surface area contributed by atoms with E-state index in [-0.39, 0.29) is 62.9 Å². The van der Waals surface area contributed by atoms with Crippen molar-refractivity contribution in [3.05, 3.63) is 48.6 Å². The Morgan fingerprint density at radius 1 is 0.378 bits per heavy atom. The normalized spacial score (nSPS) is 21.0. The molecule has 31 heteroatoms. The summed E-state index contributed by atoms with van der Waals surface area (Å²) in [7, 11) is 3.17. The van der Waals surface area contributed by atoms with E-state index in [4.69, 9.17) is 68.2 Å². The van der Waals surface area contributed by atoms with Crippen LogP contribution in [0.3, 0.4) is 0 Å². The lowest BCUT2D eigenvalue weighted by atomic mass is 9.92. The molecule has 0 heterocycles. The van der Waals surface area contributed by atoms with E-state index in [1.165, 1.54) is 27.7 Å². The van der Waals surface area contributed by atoms with Crippen LogP contribution >= 0.6 is 63.7 Å². The Balaban J connectivity index is -0.00000112. The van der Waals surface area contributed by atoms with Crippen molar-refractivity contribution in [2.45, 2.75) is 140 Å². The van der Waals surface area contributed by atoms with E-state index in [1.54, 1.807) is 14.2 Å². The summed E-state index contributed by atoms with van der Waals surface area (Å²) in [6.07, 6.45) is -2.90. The lowest BCUT2D eigenvalue weighted by Gasteiger charge is -2.33. The van der Waals surface area contributed by atoms with E-state index in [9.17, 15) is 52.7 Å². The number of carboxylic acid groups (broad SMARTS) is 2. The second-order valence-corrected chi connectivity index (χ2v) is 19.8. The molecule has 468 valence electrons. The number of hydrogen-bond acceptors (Lipinski definition) is 25. The van der Waals surface area contributed by atoms with Gasteiger partial charge in [-0.2, -0.15) is 0 Å². The van der Waals surface area contributed by atoms with Gasteiger partial charge in [-0.05, 0) is 47.0 Å². The zero-order valence-corrected chi connectivity index (χ0v) is 52.6. The molecule has 3 aliphatic rings. The number of carbonyl (C=O) groups excluding carboxylic acids is 9. The third-order valence-corrected chi connectivity index (χ3v) is 11.5. The van der Waals surface area contributed by atoms with Crippen LogP contribution in [0, 0.1) is 0 Å². The van der Waals surface area contributed by atoms with Gasteiger partial charge >= 0.3 is 65.7 Å². The fourth-order valence-electron chi connectivity index (χ4n) is 6.32. The van der Waals surface area contributed by atoms with Gasteiger partial charge in [0.15, 0.2) is 19.8 Å². The lowest BCUT2D eigenvalue weighted by Crippen LogP contribution is -2.41. The summed E-state index contributed by atoms with van der Waals surface area (Å²) in [5, 5.41) is 42.6. The molecule has 0 amide bonds. The number of esters is 9. The number of rotatable bonds is 22. The van der Waals surface area contributed by atoms with Gasteiger partial charge in [-0.25, -0.2) is 33.6 Å². The first-order chi connectivity index (χ1) is 38.3. The minimum Gasteiger partial charge on any atom is -0.481 e. The highest BCUT2D eigenvalue weighted by Gasteiger charge is 2.37. The molecule has 82 heavy (non-hydrogen) atoms. The number of ether oxygens (including phenoxy) is 11. The summed E-state index contributed by atoms with van der Waals surface area (Å²) in [6, 6.07) is 0. The Morgan fingerprint density at radius 3 is 0.707 bits per heavy atom. The van der Waals surface area contributed by atoms with Crippen molar-refractivity contribution in [2.24, 2.45) is 0 Å². The predicted molar refractivity (Wildman–Crippen MR) is 300 cm³/mol. The minimum atomic E-state index is -0.935. The average molecular weight is 1440 g/mol. The fraction of sp³-hybridized carbons (Fsp3) is 0.627. The molecule has 3 rings (SSSR count). The van der Waals surface area contributed by atoms with Crippen LogP contribution in [0.4, 0.5) is 0 Å². The van der Waals surface area contributed by atoms with Crippen LogP contribution in [0.2, 0.25) is 0 Å². The molecule has 0 aromatic heterocycles. The molecule has 3 aliphatic carbocycles. The molecule has 27 nitrogen and oxygen atoms in total. The fourth-order valence-corrected chi connectivity index (χ4v) is 6.71. The predicted octanol–water partition coefficient (Wildman–Crippen LogP) is 3.96. The van der Waals surface area contributed by atoms with Gasteiger partial charge in [-0.15, -0.1) is 0 Å². The first-order valence-corrected chi connectivity index (χ1v) is 28.8. The van der Waals surface area contributed by atoms with Gasteiger partial charge in [-0.1, -0.05) is 90.0 Å². The van der Waals surface area contributed by atoms with E-state index >= 15 is 0 Å². The smallest absolute Gasteiger partial charge is 0.344 e. The largest absolute Gasteiger partial charge is 0.481 e. The maximum Gasteiger partial charge on any atom is 0.344 e. The van der Waals surface area contributed by atoms with Crippen LogP contribution in [0.25, 0.3) is 0 Å². The Bertz CT molecular complexity index is 1890. The lowest BCUT2D eigenvalue weighted by molar-refractivity contribution is -0.178. The van der Waals surface area contributed by atoms with Gasteiger partial charge in [0.05, 0.1) is 18.3 Å². The van der Waals surface area contributed by atoms with Crippen LogP contribution in [-0.4, -0.2) is 208 Å². The van der Waals surface area contributed by atoms with Crippen molar-refractivity contribution in [1.82, 2.24) is 0 Å². The molecule has 0 radical (unpaired) electrons. The number of hydrogen-bond donors (Lipinski definition) is 5. The molecule has 0 spiro atoms. The van der Waals surface area contributed by atoms with Crippen molar-refractivity contribution >= 4 is 129 Å². The summed E-state index contributed by atoms with van der Waals surface area (Å²) in [4.78, 5) is 124. The first-order valence-electron chi connectivity index (χ1n) is 24.3. The van der Waals surface area contributed by atoms with Crippen LogP contribution in [-0.2, 0) is 105 Å². The van der Waals surface area contributed by atoms with Crippen LogP contribution in [0.15, 0.2) is 48.6 Å². The second kappa shape index (κ2) is 47.2. The van der Waals surface area contributed by atoms with Crippen molar-refractivity contribution in [1.29, 1.82) is 0 Å². The number of methoxy groups -OCH3 is 2. The van der Waals surface area contributed by atoms with Gasteiger partial charge < -0.3 is 77.6 Å². The Kier molecular flexibility index (Phi) is 46.7. The van der Waals surface area contributed by atoms with E-state index in [1.807, 2.05) is 0 Å². The monoisotopic (exact) mass is 1430 g/mol. The Hall–Kier alpha value is -5.15. The third-order valence-electron chi connectivity index (χ3n) is 9.63. The summed E-state index contributed by atoms with van der Waals surface area (Å²) in [6.45, 7) is 17.4. The van der Waals surface area contributed by atoms with Crippen LogP contribution in [0.1, 0.15) is 85.5 Å². The van der Waals surface area contributed by atoms with E-state index in [2.05, 4.69) is 99.5 Å². The van der Waals surface area contributed by atoms with Crippen molar-refractivity contribution in [3.63, 3.8) is 0 Å². The Morgan fingerprint density at radius 2 is 0.573 bits per heavy atom. The number of carbonyl (C=O) groups is 11. The molecule has 0 saturated heterocycles. The van der Waals surface area contributed by atoms with Crippen LogP contribution < -0.4 is 0 Å². The first kappa shape index (κ1) is 81.1. The van der Waals surface area contributed by atoms with Gasteiger partial charge in [0.1, 0.15) is 64.7 Å². The molecule has 0 bridgehead atoms. The summed E-state index contributed by atoms with van der Waals surface area (Å²) >= 11 is 11.8. The molecular formula is C51H74Br4O27. The molecule has 0 aliphatic heterocycles. The third kappa shape index (κ3) is 44.4. The van der Waals surface area contributed by atoms with Gasteiger partial charge in [0.25, 0.3) is 0 Å². The topological polar surface area (TPSA) is 390 Å². The summed E-state index contributed by atoms with van der Waals surface area (Å²) in [5.41, 5.74) is 0.465. The quantitative estimate of drug-likeness (QED) is 0.0337. The molecule has 3 fully saturated rings. The van der Waals surface area contributed by atoms with Gasteiger partial charge in [0, 0.05) is 75.0 Å². The summed E-state index contributed by atoms with van der Waals surface area (Å²) < 4.78 is 54.7. The maximum atomic E-state index is 12.1. The maximum absolute atomic E-state index is 12.1. The SMILES string of the molecule is C=C(C)C(=O)O.C=C(C)C(=O)OCC(=O)OC1CC(OC(=O)COC(=O)C(=C)C)CC(OC(=O)COC(=O)C(=C)C)C1.COCOC.O=C(CBr)OC1CC(OC(=O)CBr)CC(OC(=O)CBr)C1.O=C(O)CBr.OC1CC(O)CC(O)C1. The molecular weight excluding hydrogens is 1360 g/mol. The zero-order chi connectivity index (χ0) is 63.7. The van der Waals surface area contributed by atoms with Crippen molar-refractivity contribution < 1.29 is 130 Å². The number of alkyl halides is 4. The second-order valence-electron chi connectivity index (χ2n) is 17.5. The van der Waals surface area contributed by atoms with Crippen molar-refractivity contribution in [3.8, 4) is 0 Å². The highest BCUT2D eigenvalue weighted by Crippen LogP contribution is 2.29. The van der Waals surface area contributed by atoms with Crippen molar-refractivity contribution in [2.75, 3.05) is 62.2 Å². The molecule has 0 aromatic carbocycles. The zero-order valence-electron chi connectivity index (χ0n) is 46.3. The van der Waals surface area contributed by atoms with Gasteiger partial charge in [0.2, 0.25) is 0 Å². The minimum absolute atomic E-state index is 0.0347. The van der Waals surface area contributed by atoms with E-state index in [0.717, 1.165) is 0 Å². The Labute approximate surface area is 508 Å². The molecule has 5 N–H and O–H groups in total. The molecule has 3 saturated carbocycles. The van der Waals surface area contributed by atoms with Gasteiger partial charge in [-0.3, -0.25) is 19.2 Å².